The van der Waals surface area contributed by atoms with Crippen molar-refractivity contribution in [2.45, 2.75) is 44.4 Å². The molecule has 0 saturated carbocycles. The van der Waals surface area contributed by atoms with Crippen molar-refractivity contribution in [3.63, 3.8) is 0 Å². The van der Waals surface area contributed by atoms with Crippen molar-refractivity contribution in [2.24, 2.45) is 5.16 Å². The average Bonchev–Trinajstić information content (AvgIpc) is 3.27. The monoisotopic (exact) mass is 521 g/mol. The molecule has 2 aliphatic rings. The van der Waals surface area contributed by atoms with E-state index in [2.05, 4.69) is 27.7 Å². The van der Waals surface area contributed by atoms with Crippen LogP contribution in [0.1, 0.15) is 31.7 Å². The molecule has 2 aromatic rings. The van der Waals surface area contributed by atoms with Crippen LogP contribution < -0.4 is 10.6 Å². The molecule has 1 saturated heterocycles. The summed E-state index contributed by atoms with van der Waals surface area (Å²) in [6.07, 6.45) is 0.940. The number of pyridine rings is 1. The SMILES string of the molecule is CCc1cccc(NC(=O)N2CCCC3(CC(C(=O)Nc4cccnc4)=NO3)C2)c1.O=C(O)C(F)(F)F. The molecule has 0 radical (unpaired) electrons. The number of aryl methyl sites for hydroxylation is 1. The number of aromatic nitrogens is 1. The molecule has 0 aliphatic carbocycles. The molecular weight excluding hydrogens is 495 g/mol. The van der Waals surface area contributed by atoms with Gasteiger partial charge in [0.2, 0.25) is 0 Å². The van der Waals surface area contributed by atoms with Gasteiger partial charge in [0.15, 0.2) is 5.60 Å². The van der Waals surface area contributed by atoms with Gasteiger partial charge < -0.3 is 25.5 Å². The zero-order valence-corrected chi connectivity index (χ0v) is 19.9. The molecule has 13 heteroatoms. The Morgan fingerprint density at radius 3 is 2.54 bits per heavy atom. The van der Waals surface area contributed by atoms with E-state index in [1.807, 2.05) is 24.3 Å². The summed E-state index contributed by atoms with van der Waals surface area (Å²) < 4.78 is 31.7. The Morgan fingerprint density at radius 2 is 1.89 bits per heavy atom. The maximum atomic E-state index is 12.8. The van der Waals surface area contributed by atoms with E-state index in [1.165, 1.54) is 5.56 Å². The first kappa shape index (κ1) is 27.4. The Kier molecular flexibility index (Phi) is 8.69. The van der Waals surface area contributed by atoms with Crippen LogP contribution in [0.3, 0.4) is 0 Å². The Bertz CT molecular complexity index is 1160. The summed E-state index contributed by atoms with van der Waals surface area (Å²) in [6, 6.07) is 11.2. The molecule has 198 valence electrons. The number of rotatable bonds is 4. The van der Waals surface area contributed by atoms with Gasteiger partial charge in [0.1, 0.15) is 5.71 Å². The highest BCUT2D eigenvalue weighted by Gasteiger charge is 2.45. The normalized spacial score (nSPS) is 18.7. The number of nitrogens with one attached hydrogen (secondary N) is 2. The van der Waals surface area contributed by atoms with Crippen LogP contribution in [0.4, 0.5) is 29.3 Å². The molecule has 2 aliphatic heterocycles. The van der Waals surface area contributed by atoms with Crippen LogP contribution >= 0.6 is 0 Å². The summed E-state index contributed by atoms with van der Waals surface area (Å²) in [5, 5.41) is 16.9. The summed E-state index contributed by atoms with van der Waals surface area (Å²) in [7, 11) is 0. The fourth-order valence-electron chi connectivity index (χ4n) is 3.85. The number of carbonyl (C=O) groups excluding carboxylic acids is 2. The number of benzene rings is 1. The number of carboxylic acid groups (broad SMARTS) is 1. The van der Waals surface area contributed by atoms with Gasteiger partial charge in [-0.15, -0.1) is 0 Å². The predicted molar refractivity (Wildman–Crippen MR) is 128 cm³/mol. The number of likely N-dealkylation sites (tertiary alicyclic amines) is 1. The van der Waals surface area contributed by atoms with Gasteiger partial charge >= 0.3 is 18.2 Å². The second-order valence-corrected chi connectivity index (χ2v) is 8.50. The first-order chi connectivity index (χ1) is 17.5. The number of urea groups is 1. The molecule has 1 unspecified atom stereocenters. The Labute approximate surface area is 210 Å². The van der Waals surface area contributed by atoms with Gasteiger partial charge in [0, 0.05) is 24.8 Å². The van der Waals surface area contributed by atoms with Gasteiger partial charge in [-0.3, -0.25) is 9.78 Å². The number of nitrogens with zero attached hydrogens (tertiary/aromatic N) is 3. The van der Waals surface area contributed by atoms with E-state index in [9.17, 15) is 22.8 Å². The molecule has 1 atom stereocenters. The highest BCUT2D eigenvalue weighted by molar-refractivity contribution is 6.43. The van der Waals surface area contributed by atoms with E-state index in [1.54, 1.807) is 29.4 Å². The van der Waals surface area contributed by atoms with Crippen LogP contribution in [0.25, 0.3) is 0 Å². The van der Waals surface area contributed by atoms with Crippen molar-refractivity contribution in [1.82, 2.24) is 9.88 Å². The van der Waals surface area contributed by atoms with Crippen molar-refractivity contribution in [3.8, 4) is 0 Å². The lowest BCUT2D eigenvalue weighted by atomic mass is 9.88. The third-order valence-electron chi connectivity index (χ3n) is 5.68. The van der Waals surface area contributed by atoms with Gasteiger partial charge in [-0.2, -0.15) is 13.2 Å². The molecule has 4 rings (SSSR count). The molecule has 0 bridgehead atoms. The van der Waals surface area contributed by atoms with Crippen LogP contribution in [-0.4, -0.2) is 63.5 Å². The highest BCUT2D eigenvalue weighted by atomic mass is 19.4. The van der Waals surface area contributed by atoms with E-state index >= 15 is 0 Å². The standard InChI is InChI=1S/C22H25N5O3.C2HF3O2/c1-2-16-6-3-7-17(12-16)25-21(29)27-11-5-9-22(15-27)13-19(26-30-22)20(28)24-18-8-4-10-23-14-18;3-2(4,5)1(6)7/h3-4,6-8,10,12,14H,2,5,9,11,13,15H2,1H3,(H,24,28)(H,25,29);(H,6,7). The maximum absolute atomic E-state index is 12.8. The fourth-order valence-corrected chi connectivity index (χ4v) is 3.85. The van der Waals surface area contributed by atoms with E-state index < -0.39 is 17.7 Å². The second kappa shape index (κ2) is 11.7. The van der Waals surface area contributed by atoms with Gasteiger partial charge in [-0.05, 0) is 49.1 Å². The van der Waals surface area contributed by atoms with Crippen LogP contribution in [0.2, 0.25) is 0 Å². The molecular formula is C24H26F3N5O5. The lowest BCUT2D eigenvalue weighted by molar-refractivity contribution is -0.192. The smallest absolute Gasteiger partial charge is 0.475 e. The minimum atomic E-state index is -5.08. The van der Waals surface area contributed by atoms with Crippen LogP contribution in [0, 0.1) is 0 Å². The zero-order chi connectivity index (χ0) is 27.1. The number of amides is 3. The number of halogens is 3. The van der Waals surface area contributed by atoms with Gasteiger partial charge in [0.25, 0.3) is 5.91 Å². The van der Waals surface area contributed by atoms with Crippen molar-refractivity contribution in [1.29, 1.82) is 0 Å². The quantitative estimate of drug-likeness (QED) is 0.556. The molecule has 10 nitrogen and oxygen atoms in total. The first-order valence-electron chi connectivity index (χ1n) is 11.4. The number of aliphatic carboxylic acids is 1. The van der Waals surface area contributed by atoms with Crippen molar-refractivity contribution < 1.29 is 37.5 Å². The van der Waals surface area contributed by atoms with Gasteiger partial charge in [-0.25, -0.2) is 9.59 Å². The molecule has 1 fully saturated rings. The fraction of sp³-hybridized carbons (Fsp3) is 0.375. The lowest BCUT2D eigenvalue weighted by Gasteiger charge is -2.38. The minimum absolute atomic E-state index is 0.167. The molecule has 3 N–H and O–H groups in total. The van der Waals surface area contributed by atoms with E-state index in [4.69, 9.17) is 14.7 Å². The van der Waals surface area contributed by atoms with Crippen molar-refractivity contribution in [2.75, 3.05) is 23.7 Å². The summed E-state index contributed by atoms with van der Waals surface area (Å²) in [5.41, 5.74) is 2.23. The summed E-state index contributed by atoms with van der Waals surface area (Å²) in [4.78, 5) is 45.6. The van der Waals surface area contributed by atoms with Crippen molar-refractivity contribution in [3.05, 3.63) is 54.4 Å². The predicted octanol–water partition coefficient (Wildman–Crippen LogP) is 4.06. The Morgan fingerprint density at radius 1 is 1.16 bits per heavy atom. The number of oxime groups is 1. The molecule has 1 aromatic carbocycles. The summed E-state index contributed by atoms with van der Waals surface area (Å²) in [5.74, 6) is -3.06. The average molecular weight is 521 g/mol. The molecule has 3 heterocycles. The van der Waals surface area contributed by atoms with Crippen LogP contribution in [0.5, 0.6) is 0 Å². The third kappa shape index (κ3) is 7.66. The Balaban J connectivity index is 0.000000479. The number of alkyl halides is 3. The largest absolute Gasteiger partial charge is 0.490 e. The maximum Gasteiger partial charge on any atom is 0.490 e. The van der Waals surface area contributed by atoms with E-state index in [-0.39, 0.29) is 11.9 Å². The summed E-state index contributed by atoms with van der Waals surface area (Å²) >= 11 is 0. The van der Waals surface area contributed by atoms with Crippen molar-refractivity contribution >= 4 is 35.0 Å². The molecule has 1 aromatic heterocycles. The third-order valence-corrected chi connectivity index (χ3v) is 5.68. The summed E-state index contributed by atoms with van der Waals surface area (Å²) in [6.45, 7) is 3.11. The second-order valence-electron chi connectivity index (χ2n) is 8.50. The lowest BCUT2D eigenvalue weighted by Crippen LogP contribution is -2.52. The molecule has 3 amide bonds. The topological polar surface area (TPSA) is 133 Å². The van der Waals surface area contributed by atoms with E-state index in [0.717, 1.165) is 24.9 Å². The number of hydrogen-bond donors (Lipinski definition) is 3. The van der Waals surface area contributed by atoms with E-state index in [0.29, 0.717) is 30.9 Å². The van der Waals surface area contributed by atoms with Gasteiger partial charge in [0.05, 0.1) is 18.4 Å². The number of piperidine rings is 1. The van der Waals surface area contributed by atoms with Crippen LogP contribution in [-0.2, 0) is 20.8 Å². The Hall–Kier alpha value is -4.16. The number of anilines is 2. The zero-order valence-electron chi connectivity index (χ0n) is 19.9. The van der Waals surface area contributed by atoms with Gasteiger partial charge in [-0.1, -0.05) is 24.2 Å². The first-order valence-corrected chi connectivity index (χ1v) is 11.4. The molecule has 37 heavy (non-hydrogen) atoms. The highest BCUT2D eigenvalue weighted by Crippen LogP contribution is 2.34. The number of hydrogen-bond acceptors (Lipinski definition) is 6. The number of carboxylic acids is 1. The molecule has 1 spiro atoms. The van der Waals surface area contributed by atoms with Crippen LogP contribution in [0.15, 0.2) is 53.9 Å². The number of carbonyl (C=O) groups is 3. The minimum Gasteiger partial charge on any atom is -0.475 e.